The van der Waals surface area contributed by atoms with Crippen LogP contribution in [-0.2, 0) is 11.5 Å². The molecule has 1 aromatic carbocycles. The average Bonchev–Trinajstić information content (AvgIpc) is 3.57. The van der Waals surface area contributed by atoms with Crippen molar-refractivity contribution in [1.29, 1.82) is 5.26 Å². The van der Waals surface area contributed by atoms with E-state index < -0.39 is 0 Å². The number of hydrogen-bond acceptors (Lipinski definition) is 10. The molecule has 0 atom stereocenters. The van der Waals surface area contributed by atoms with Crippen molar-refractivity contribution in [2.24, 2.45) is 0 Å². The number of rotatable bonds is 7. The van der Waals surface area contributed by atoms with E-state index >= 15 is 0 Å². The van der Waals surface area contributed by atoms with Gasteiger partial charge in [0, 0.05) is 51.0 Å². The summed E-state index contributed by atoms with van der Waals surface area (Å²) in [6.07, 6.45) is 3.23. The zero-order valence-electron chi connectivity index (χ0n) is 20.9. The molecule has 0 radical (unpaired) electrons. The van der Waals surface area contributed by atoms with Crippen LogP contribution >= 0.6 is 0 Å². The molecule has 4 heterocycles. The second-order valence-electron chi connectivity index (χ2n) is 9.02. The van der Waals surface area contributed by atoms with Gasteiger partial charge in [-0.15, -0.1) is 0 Å². The zero-order valence-corrected chi connectivity index (χ0v) is 20.9. The molecule has 0 N–H and O–H groups in total. The van der Waals surface area contributed by atoms with Crippen LogP contribution in [0.1, 0.15) is 31.2 Å². The molecular weight excluding hydrogens is 474 g/mol. The Balaban J connectivity index is 1.30. The summed E-state index contributed by atoms with van der Waals surface area (Å²) in [5.74, 6) is 2.07. The third kappa shape index (κ3) is 4.81. The van der Waals surface area contributed by atoms with Gasteiger partial charge in [-0.2, -0.15) is 20.0 Å². The summed E-state index contributed by atoms with van der Waals surface area (Å²) in [5.41, 5.74) is 2.61. The van der Waals surface area contributed by atoms with E-state index in [1.54, 1.807) is 6.20 Å². The second kappa shape index (κ2) is 10.2. The molecule has 0 spiro atoms. The Labute approximate surface area is 213 Å². The van der Waals surface area contributed by atoms with Gasteiger partial charge in [-0.05, 0) is 28.9 Å². The number of anilines is 2. The monoisotopic (exact) mass is 501 g/mol. The van der Waals surface area contributed by atoms with Crippen molar-refractivity contribution in [3.05, 3.63) is 64.8 Å². The summed E-state index contributed by atoms with van der Waals surface area (Å²) in [5, 5.41) is 18.0. The van der Waals surface area contributed by atoms with Gasteiger partial charge in [0.15, 0.2) is 0 Å². The van der Waals surface area contributed by atoms with Crippen LogP contribution in [0.4, 0.5) is 11.8 Å². The number of aromatic nitrogens is 6. The molecule has 12 nitrogen and oxygen atoms in total. The smallest absolute Gasteiger partial charge is 0.352 e. The van der Waals surface area contributed by atoms with Crippen LogP contribution < -0.4 is 15.5 Å². The van der Waals surface area contributed by atoms with Crippen molar-refractivity contribution in [2.75, 3.05) is 43.1 Å². The SMILES string of the molecule is COCn1ncn(-c2ccc(-c3cnc(N4CCN(c5noc(C(C)C)n5)CC4)c(C#N)c3)cc2)c1=O. The third-order valence-corrected chi connectivity index (χ3v) is 6.24. The number of pyridine rings is 1. The lowest BCUT2D eigenvalue weighted by atomic mass is 10.0. The van der Waals surface area contributed by atoms with E-state index in [-0.39, 0.29) is 18.3 Å². The molecule has 0 aliphatic carbocycles. The first-order valence-electron chi connectivity index (χ1n) is 12.0. The van der Waals surface area contributed by atoms with Gasteiger partial charge < -0.3 is 19.1 Å². The fourth-order valence-electron chi connectivity index (χ4n) is 4.20. The van der Waals surface area contributed by atoms with E-state index in [0.717, 1.165) is 11.1 Å². The van der Waals surface area contributed by atoms with E-state index in [4.69, 9.17) is 9.26 Å². The molecule has 4 aromatic rings. The first-order chi connectivity index (χ1) is 18.0. The summed E-state index contributed by atoms with van der Waals surface area (Å²) >= 11 is 0. The Morgan fingerprint density at radius 2 is 1.84 bits per heavy atom. The van der Waals surface area contributed by atoms with E-state index in [1.165, 1.54) is 22.7 Å². The molecular formula is C25H27N9O3. The Kier molecular flexibility index (Phi) is 6.70. The van der Waals surface area contributed by atoms with Gasteiger partial charge in [-0.3, -0.25) is 0 Å². The maximum Gasteiger partial charge on any atom is 0.352 e. The minimum Gasteiger partial charge on any atom is -0.362 e. The fraction of sp³-hybridized carbons (Fsp3) is 0.360. The lowest BCUT2D eigenvalue weighted by molar-refractivity contribution is 0.117. The molecule has 1 aliphatic heterocycles. The molecule has 190 valence electrons. The van der Waals surface area contributed by atoms with Crippen LogP contribution in [-0.4, -0.2) is 62.8 Å². The number of methoxy groups -OCH3 is 1. The molecule has 0 bridgehead atoms. The predicted octanol–water partition coefficient (Wildman–Crippen LogP) is 2.40. The van der Waals surface area contributed by atoms with Crippen LogP contribution in [0.25, 0.3) is 16.8 Å². The van der Waals surface area contributed by atoms with Crippen LogP contribution in [0.2, 0.25) is 0 Å². The summed E-state index contributed by atoms with van der Waals surface area (Å²) in [6.45, 7) is 6.90. The molecule has 1 fully saturated rings. The normalized spacial score (nSPS) is 13.8. The number of ether oxygens (including phenoxy) is 1. The Morgan fingerprint density at radius 1 is 1.11 bits per heavy atom. The third-order valence-electron chi connectivity index (χ3n) is 6.24. The summed E-state index contributed by atoms with van der Waals surface area (Å²) in [4.78, 5) is 25.7. The van der Waals surface area contributed by atoms with Gasteiger partial charge in [-0.25, -0.2) is 14.3 Å². The Bertz CT molecular complexity index is 1470. The van der Waals surface area contributed by atoms with Crippen molar-refractivity contribution in [1.82, 2.24) is 29.5 Å². The van der Waals surface area contributed by atoms with Gasteiger partial charge in [0.05, 0.1) is 11.3 Å². The van der Waals surface area contributed by atoms with Gasteiger partial charge >= 0.3 is 5.69 Å². The molecule has 1 aliphatic rings. The maximum absolute atomic E-state index is 12.4. The predicted molar refractivity (Wildman–Crippen MR) is 136 cm³/mol. The largest absolute Gasteiger partial charge is 0.362 e. The van der Waals surface area contributed by atoms with Gasteiger partial charge in [0.2, 0.25) is 5.89 Å². The molecule has 1 saturated heterocycles. The number of nitrogens with zero attached hydrogens (tertiary/aromatic N) is 9. The fourth-order valence-corrected chi connectivity index (χ4v) is 4.20. The van der Waals surface area contributed by atoms with Crippen LogP contribution in [0, 0.1) is 11.3 Å². The van der Waals surface area contributed by atoms with Crippen molar-refractivity contribution in [3.8, 4) is 22.9 Å². The van der Waals surface area contributed by atoms with Gasteiger partial charge in [-0.1, -0.05) is 26.0 Å². The van der Waals surface area contributed by atoms with Gasteiger partial charge in [0.1, 0.15) is 24.9 Å². The van der Waals surface area contributed by atoms with E-state index in [0.29, 0.717) is 55.1 Å². The second-order valence-corrected chi connectivity index (χ2v) is 9.02. The standard InChI is InChI=1S/C25H27N9O3/c1-17(2)23-29-24(30-37-23)32-10-8-31(9-11-32)22-19(13-26)12-20(14-27-22)18-4-6-21(7-5-18)33-15-28-34(16-36-3)25(33)35/h4-7,12,14-15,17H,8-11,16H2,1-3H3. The maximum atomic E-state index is 12.4. The van der Waals surface area contributed by atoms with E-state index in [9.17, 15) is 10.1 Å². The number of benzene rings is 1. The van der Waals surface area contributed by atoms with E-state index in [2.05, 4.69) is 36.1 Å². The molecule has 37 heavy (non-hydrogen) atoms. The molecule has 0 saturated carbocycles. The van der Waals surface area contributed by atoms with Crippen molar-refractivity contribution in [3.63, 3.8) is 0 Å². The molecule has 0 unspecified atom stereocenters. The van der Waals surface area contributed by atoms with Crippen LogP contribution in [0.3, 0.4) is 0 Å². The average molecular weight is 502 g/mol. The highest BCUT2D eigenvalue weighted by molar-refractivity contribution is 5.69. The zero-order chi connectivity index (χ0) is 25.9. The molecule has 5 rings (SSSR count). The number of piperazine rings is 1. The Hall–Kier alpha value is -4.50. The lowest BCUT2D eigenvalue weighted by Gasteiger charge is -2.35. The summed E-state index contributed by atoms with van der Waals surface area (Å²) in [7, 11) is 1.51. The van der Waals surface area contributed by atoms with Crippen molar-refractivity contribution < 1.29 is 9.26 Å². The minimum absolute atomic E-state index is 0.0874. The highest BCUT2D eigenvalue weighted by atomic mass is 16.5. The Morgan fingerprint density at radius 3 is 2.49 bits per heavy atom. The first kappa shape index (κ1) is 24.2. The van der Waals surface area contributed by atoms with Crippen LogP contribution in [0.15, 0.2) is 52.2 Å². The summed E-state index contributed by atoms with van der Waals surface area (Å²) < 4.78 is 13.0. The topological polar surface area (TPSA) is 131 Å². The number of hydrogen-bond donors (Lipinski definition) is 0. The van der Waals surface area contributed by atoms with Crippen molar-refractivity contribution >= 4 is 11.8 Å². The number of nitriles is 1. The van der Waals surface area contributed by atoms with Crippen molar-refractivity contribution in [2.45, 2.75) is 26.5 Å². The van der Waals surface area contributed by atoms with E-state index in [1.807, 2.05) is 44.2 Å². The first-order valence-corrected chi connectivity index (χ1v) is 12.0. The minimum atomic E-state index is -0.285. The highest BCUT2D eigenvalue weighted by Crippen LogP contribution is 2.27. The quantitative estimate of drug-likeness (QED) is 0.372. The molecule has 0 amide bonds. The molecule has 12 heteroatoms. The highest BCUT2D eigenvalue weighted by Gasteiger charge is 2.24. The summed E-state index contributed by atoms with van der Waals surface area (Å²) in [6, 6.07) is 11.6. The lowest BCUT2D eigenvalue weighted by Crippen LogP contribution is -2.47. The van der Waals surface area contributed by atoms with Crippen LogP contribution in [0.5, 0.6) is 0 Å². The molecule has 3 aromatic heterocycles. The van der Waals surface area contributed by atoms with Gasteiger partial charge in [0.25, 0.3) is 5.95 Å².